The first-order chi connectivity index (χ1) is 7.71. The van der Waals surface area contributed by atoms with Gasteiger partial charge in [-0.1, -0.05) is 6.58 Å². The number of nitrogens with one attached hydrogen (secondary N) is 2. The van der Waals surface area contributed by atoms with Crippen LogP contribution in [0.4, 0.5) is 0 Å². The summed E-state index contributed by atoms with van der Waals surface area (Å²) in [5.74, 6) is -2.28. The average Bonchev–Trinajstić information content (AvgIpc) is 2.22. The Labute approximate surface area is 99.4 Å². The third-order valence-electron chi connectivity index (χ3n) is 2.24. The Morgan fingerprint density at radius 2 is 2.06 bits per heavy atom. The molecule has 7 heteroatoms. The highest BCUT2D eigenvalue weighted by Gasteiger charge is 2.41. The minimum Gasteiger partial charge on any atom is -0.480 e. The van der Waals surface area contributed by atoms with Crippen molar-refractivity contribution in [3.05, 3.63) is 12.2 Å². The van der Waals surface area contributed by atoms with Gasteiger partial charge >= 0.3 is 5.97 Å². The van der Waals surface area contributed by atoms with Crippen LogP contribution in [0.15, 0.2) is 12.2 Å². The van der Waals surface area contributed by atoms with E-state index in [4.69, 9.17) is 22.0 Å². The molecule has 0 heterocycles. The minimum absolute atomic E-state index is 0.0473. The van der Waals surface area contributed by atoms with E-state index in [9.17, 15) is 9.59 Å². The van der Waals surface area contributed by atoms with Crippen molar-refractivity contribution in [2.24, 2.45) is 11.5 Å². The number of hydrogen-bond acceptors (Lipinski definition) is 4. The second-order valence-electron chi connectivity index (χ2n) is 3.83. The lowest BCUT2D eigenvalue weighted by Crippen LogP contribution is -2.55. The van der Waals surface area contributed by atoms with Crippen molar-refractivity contribution in [2.75, 3.05) is 6.54 Å². The minimum atomic E-state index is -1.95. The molecule has 1 atom stereocenters. The van der Waals surface area contributed by atoms with Crippen molar-refractivity contribution in [3.8, 4) is 0 Å². The third-order valence-corrected chi connectivity index (χ3v) is 2.24. The van der Waals surface area contributed by atoms with Crippen LogP contribution in [-0.4, -0.2) is 34.9 Å². The van der Waals surface area contributed by atoms with Gasteiger partial charge in [-0.2, -0.15) is 0 Å². The topological polar surface area (TPSA) is 142 Å². The third kappa shape index (κ3) is 4.23. The molecule has 0 fully saturated rings. The van der Waals surface area contributed by atoms with Gasteiger partial charge in [-0.3, -0.25) is 10.2 Å². The lowest BCUT2D eigenvalue weighted by atomic mass is 9.86. The first kappa shape index (κ1) is 15.1. The number of ketones is 1. The quantitative estimate of drug-likeness (QED) is 0.130. The summed E-state index contributed by atoms with van der Waals surface area (Å²) in [4.78, 5) is 22.7. The van der Waals surface area contributed by atoms with Gasteiger partial charge in [0.25, 0.3) is 0 Å². The molecule has 7 N–H and O–H groups in total. The van der Waals surface area contributed by atoms with E-state index in [1.807, 2.05) is 0 Å². The molecule has 0 aliphatic carbocycles. The maximum absolute atomic E-state index is 11.6. The van der Waals surface area contributed by atoms with Crippen LogP contribution in [0, 0.1) is 5.41 Å². The fourth-order valence-corrected chi connectivity index (χ4v) is 1.29. The van der Waals surface area contributed by atoms with E-state index in [1.54, 1.807) is 0 Å². The number of rotatable bonds is 7. The number of carboxylic acids is 1. The van der Waals surface area contributed by atoms with Gasteiger partial charge in [-0.25, -0.2) is 4.79 Å². The Kier molecular flexibility index (Phi) is 5.33. The van der Waals surface area contributed by atoms with E-state index in [-0.39, 0.29) is 24.5 Å². The second kappa shape index (κ2) is 6.00. The Balaban J connectivity index is 4.54. The molecule has 0 spiro atoms. The first-order valence-electron chi connectivity index (χ1n) is 5.02. The summed E-state index contributed by atoms with van der Waals surface area (Å²) in [5.41, 5.74) is 8.79. The van der Waals surface area contributed by atoms with Gasteiger partial charge in [-0.05, 0) is 25.3 Å². The molecular formula is C10H18N4O3. The summed E-state index contributed by atoms with van der Waals surface area (Å²) >= 11 is 0. The van der Waals surface area contributed by atoms with Crippen LogP contribution < -0.4 is 16.8 Å². The van der Waals surface area contributed by atoms with Crippen LogP contribution >= 0.6 is 0 Å². The lowest BCUT2D eigenvalue weighted by molar-refractivity contribution is -0.147. The fraction of sp³-hybridized carbons (Fsp3) is 0.500. The van der Waals surface area contributed by atoms with E-state index in [0.717, 1.165) is 0 Å². The molecule has 0 aliphatic heterocycles. The normalized spacial score (nSPS) is 13.5. The highest BCUT2D eigenvalue weighted by atomic mass is 16.4. The standard InChI is InChI=1S/C10H18N4O3/c1-6(2)7(15)10(13,8(16)17)4-3-5-14-9(11)12/h1,3-5,13H2,2H3,(H,16,17)(H4,11,12,14)/t10-/m1/s1. The summed E-state index contributed by atoms with van der Waals surface area (Å²) in [6, 6.07) is 0. The number of aliphatic carboxylic acids is 1. The maximum Gasteiger partial charge on any atom is 0.331 e. The molecule has 0 unspecified atom stereocenters. The summed E-state index contributed by atoms with van der Waals surface area (Å²) in [6.45, 7) is 5.10. The molecule has 96 valence electrons. The molecule has 0 bridgehead atoms. The van der Waals surface area contributed by atoms with Crippen molar-refractivity contribution in [1.82, 2.24) is 5.32 Å². The molecule has 0 aromatic rings. The monoisotopic (exact) mass is 242 g/mol. The van der Waals surface area contributed by atoms with E-state index in [1.165, 1.54) is 6.92 Å². The molecule has 0 amide bonds. The predicted octanol–water partition coefficient (Wildman–Crippen LogP) is -0.823. The van der Waals surface area contributed by atoms with Gasteiger partial charge < -0.3 is 21.9 Å². The van der Waals surface area contributed by atoms with E-state index in [0.29, 0.717) is 6.42 Å². The SMILES string of the molecule is C=C(C)C(=O)[C@](N)(CCCNC(=N)N)C(=O)O. The molecule has 0 saturated heterocycles. The van der Waals surface area contributed by atoms with Gasteiger partial charge in [0, 0.05) is 6.54 Å². The van der Waals surface area contributed by atoms with Crippen molar-refractivity contribution >= 4 is 17.7 Å². The molecule has 0 aromatic heterocycles. The second-order valence-corrected chi connectivity index (χ2v) is 3.83. The Bertz CT molecular complexity index is 353. The largest absolute Gasteiger partial charge is 0.480 e. The summed E-state index contributed by atoms with van der Waals surface area (Å²) in [7, 11) is 0. The van der Waals surface area contributed by atoms with E-state index in [2.05, 4.69) is 11.9 Å². The van der Waals surface area contributed by atoms with Crippen LogP contribution in [0.1, 0.15) is 19.8 Å². The summed E-state index contributed by atoms with van der Waals surface area (Å²) < 4.78 is 0. The fourth-order valence-electron chi connectivity index (χ4n) is 1.29. The number of carbonyl (C=O) groups is 2. The zero-order valence-corrected chi connectivity index (χ0v) is 9.75. The first-order valence-corrected chi connectivity index (χ1v) is 5.02. The van der Waals surface area contributed by atoms with Gasteiger partial charge in [0.15, 0.2) is 17.3 Å². The van der Waals surface area contributed by atoms with E-state index < -0.39 is 17.3 Å². The van der Waals surface area contributed by atoms with Crippen molar-refractivity contribution in [1.29, 1.82) is 5.41 Å². The molecule has 0 saturated carbocycles. The molecule has 7 nitrogen and oxygen atoms in total. The van der Waals surface area contributed by atoms with Crippen LogP contribution in [0.2, 0.25) is 0 Å². The zero-order chi connectivity index (χ0) is 13.6. The number of hydrogen-bond donors (Lipinski definition) is 5. The van der Waals surface area contributed by atoms with Crippen LogP contribution in [0.25, 0.3) is 0 Å². The lowest BCUT2D eigenvalue weighted by Gasteiger charge is -2.23. The smallest absolute Gasteiger partial charge is 0.331 e. The van der Waals surface area contributed by atoms with Crippen LogP contribution in [0.3, 0.4) is 0 Å². The average molecular weight is 242 g/mol. The number of carboxylic acid groups (broad SMARTS) is 1. The zero-order valence-electron chi connectivity index (χ0n) is 9.75. The van der Waals surface area contributed by atoms with Crippen LogP contribution in [0.5, 0.6) is 0 Å². The molecule has 17 heavy (non-hydrogen) atoms. The molecule has 0 aliphatic rings. The molecule has 0 aromatic carbocycles. The summed E-state index contributed by atoms with van der Waals surface area (Å²) in [6.07, 6.45) is 0.260. The summed E-state index contributed by atoms with van der Waals surface area (Å²) in [5, 5.41) is 18.4. The Morgan fingerprint density at radius 3 is 2.41 bits per heavy atom. The number of carbonyl (C=O) groups excluding carboxylic acids is 1. The maximum atomic E-state index is 11.6. The number of guanidine groups is 1. The predicted molar refractivity (Wildman–Crippen MR) is 63.5 cm³/mol. The number of nitrogens with two attached hydrogens (primary N) is 2. The molecular weight excluding hydrogens is 224 g/mol. The van der Waals surface area contributed by atoms with Crippen molar-refractivity contribution in [2.45, 2.75) is 25.3 Å². The van der Waals surface area contributed by atoms with Gasteiger partial charge in [-0.15, -0.1) is 0 Å². The molecule has 0 radical (unpaired) electrons. The Hall–Kier alpha value is -1.89. The molecule has 0 rings (SSSR count). The highest BCUT2D eigenvalue weighted by molar-refractivity contribution is 6.14. The van der Waals surface area contributed by atoms with Gasteiger partial charge in [0.05, 0.1) is 0 Å². The van der Waals surface area contributed by atoms with Gasteiger partial charge in [0.2, 0.25) is 0 Å². The highest BCUT2D eigenvalue weighted by Crippen LogP contribution is 2.15. The Morgan fingerprint density at radius 1 is 1.53 bits per heavy atom. The van der Waals surface area contributed by atoms with E-state index >= 15 is 0 Å². The van der Waals surface area contributed by atoms with Crippen molar-refractivity contribution in [3.63, 3.8) is 0 Å². The van der Waals surface area contributed by atoms with Crippen LogP contribution in [-0.2, 0) is 9.59 Å². The number of Topliss-reactive ketones (excluding diaryl/α,β-unsaturated/α-hetero) is 1. The van der Waals surface area contributed by atoms with Gasteiger partial charge in [0.1, 0.15) is 0 Å². The van der Waals surface area contributed by atoms with Crippen molar-refractivity contribution < 1.29 is 14.7 Å².